The lowest BCUT2D eigenvalue weighted by Crippen LogP contribution is -2.10. The Labute approximate surface area is 84.8 Å². The summed E-state index contributed by atoms with van der Waals surface area (Å²) in [5.41, 5.74) is 10.7. The number of rotatable bonds is 2. The molecule has 2 rings (SSSR count). The molecule has 0 fully saturated rings. The third kappa shape index (κ3) is 1.86. The predicted molar refractivity (Wildman–Crippen MR) is 51.4 cm³/mol. The first-order valence-electron chi connectivity index (χ1n) is 4.15. The van der Waals surface area contributed by atoms with Crippen molar-refractivity contribution in [1.82, 2.24) is 15.0 Å². The zero-order chi connectivity index (χ0) is 10.8. The number of anilines is 2. The van der Waals surface area contributed by atoms with Crippen LogP contribution in [0, 0.1) is 0 Å². The van der Waals surface area contributed by atoms with Crippen molar-refractivity contribution in [2.75, 3.05) is 11.5 Å². The van der Waals surface area contributed by atoms with Crippen molar-refractivity contribution < 1.29 is 9.52 Å². The van der Waals surface area contributed by atoms with Crippen LogP contribution in [0.15, 0.2) is 22.8 Å². The van der Waals surface area contributed by atoms with E-state index in [1.54, 1.807) is 12.1 Å². The molecule has 2 aromatic rings. The van der Waals surface area contributed by atoms with Gasteiger partial charge in [0.2, 0.25) is 11.9 Å². The van der Waals surface area contributed by atoms with Crippen LogP contribution in [0.1, 0.15) is 17.7 Å². The number of aliphatic hydroxyl groups excluding tert-OH is 1. The van der Waals surface area contributed by atoms with E-state index in [4.69, 9.17) is 15.9 Å². The Morgan fingerprint density at radius 1 is 1.20 bits per heavy atom. The Bertz CT molecular complexity index is 436. The fourth-order valence-corrected chi connectivity index (χ4v) is 1.12. The molecule has 1 atom stereocenters. The molecule has 0 aliphatic carbocycles. The van der Waals surface area contributed by atoms with Gasteiger partial charge >= 0.3 is 0 Å². The van der Waals surface area contributed by atoms with Crippen LogP contribution < -0.4 is 11.5 Å². The van der Waals surface area contributed by atoms with E-state index in [1.165, 1.54) is 6.26 Å². The van der Waals surface area contributed by atoms with Crippen molar-refractivity contribution in [2.24, 2.45) is 0 Å². The van der Waals surface area contributed by atoms with Crippen molar-refractivity contribution in [2.45, 2.75) is 6.10 Å². The van der Waals surface area contributed by atoms with E-state index in [0.717, 1.165) is 0 Å². The number of furan rings is 1. The van der Waals surface area contributed by atoms with Crippen molar-refractivity contribution in [1.29, 1.82) is 0 Å². The highest BCUT2D eigenvalue weighted by Crippen LogP contribution is 2.19. The molecule has 0 saturated heterocycles. The molecule has 0 radical (unpaired) electrons. The highest BCUT2D eigenvalue weighted by atomic mass is 16.4. The van der Waals surface area contributed by atoms with Gasteiger partial charge in [0.15, 0.2) is 11.9 Å². The fourth-order valence-electron chi connectivity index (χ4n) is 1.12. The molecule has 0 amide bonds. The Morgan fingerprint density at radius 3 is 2.40 bits per heavy atom. The Balaban J connectivity index is 2.37. The molecule has 0 spiro atoms. The maximum atomic E-state index is 9.77. The van der Waals surface area contributed by atoms with E-state index < -0.39 is 6.10 Å². The van der Waals surface area contributed by atoms with Gasteiger partial charge in [-0.05, 0) is 12.1 Å². The van der Waals surface area contributed by atoms with E-state index >= 15 is 0 Å². The highest BCUT2D eigenvalue weighted by molar-refractivity contribution is 5.28. The second-order valence-corrected chi connectivity index (χ2v) is 2.83. The summed E-state index contributed by atoms with van der Waals surface area (Å²) in [7, 11) is 0. The van der Waals surface area contributed by atoms with E-state index in [1.807, 2.05) is 0 Å². The number of aliphatic hydroxyl groups is 1. The largest absolute Gasteiger partial charge is 0.466 e. The number of hydrogen-bond donors (Lipinski definition) is 3. The Hall–Kier alpha value is -2.15. The average molecular weight is 207 g/mol. The third-order valence-corrected chi connectivity index (χ3v) is 1.74. The molecule has 1 unspecified atom stereocenters. The minimum Gasteiger partial charge on any atom is -0.466 e. The highest BCUT2D eigenvalue weighted by Gasteiger charge is 2.17. The summed E-state index contributed by atoms with van der Waals surface area (Å²) >= 11 is 0. The molecule has 2 aromatic heterocycles. The minimum atomic E-state index is -1.09. The molecule has 0 bridgehead atoms. The molecule has 7 nitrogen and oxygen atoms in total. The van der Waals surface area contributed by atoms with Gasteiger partial charge in [-0.3, -0.25) is 0 Å². The molecule has 0 saturated carbocycles. The first-order chi connectivity index (χ1) is 7.16. The summed E-state index contributed by atoms with van der Waals surface area (Å²) in [6.07, 6.45) is 0.347. The summed E-state index contributed by atoms with van der Waals surface area (Å²) in [5.74, 6) is 0.307. The van der Waals surface area contributed by atoms with Crippen molar-refractivity contribution >= 4 is 11.9 Å². The number of nitrogens with two attached hydrogens (primary N) is 2. The predicted octanol–water partition coefficient (Wildman–Crippen LogP) is -0.289. The van der Waals surface area contributed by atoms with E-state index in [0.29, 0.717) is 5.76 Å². The summed E-state index contributed by atoms with van der Waals surface area (Å²) in [5, 5.41) is 9.77. The van der Waals surface area contributed by atoms with E-state index in [9.17, 15) is 5.11 Å². The molecule has 0 aromatic carbocycles. The van der Waals surface area contributed by atoms with Gasteiger partial charge in [0.1, 0.15) is 5.76 Å². The molecule has 78 valence electrons. The van der Waals surface area contributed by atoms with Gasteiger partial charge < -0.3 is 21.0 Å². The maximum Gasteiger partial charge on any atom is 0.225 e. The Morgan fingerprint density at radius 2 is 1.87 bits per heavy atom. The van der Waals surface area contributed by atoms with Crippen LogP contribution in [0.2, 0.25) is 0 Å². The van der Waals surface area contributed by atoms with Gasteiger partial charge in [0.25, 0.3) is 0 Å². The van der Waals surface area contributed by atoms with Crippen molar-refractivity contribution in [3.05, 3.63) is 30.0 Å². The van der Waals surface area contributed by atoms with E-state index in [-0.39, 0.29) is 17.7 Å². The number of aromatic nitrogens is 3. The van der Waals surface area contributed by atoms with Crippen molar-refractivity contribution in [3.8, 4) is 0 Å². The molecule has 0 aliphatic rings. The standard InChI is InChI=1S/C8H9N5O2/c9-7-11-6(12-8(10)13-7)5(14)4-2-1-3-15-4/h1-3,5,14H,(H4,9,10,11,12,13). The monoisotopic (exact) mass is 207 g/mol. The lowest BCUT2D eigenvalue weighted by molar-refractivity contribution is 0.180. The van der Waals surface area contributed by atoms with Crippen LogP contribution in [-0.2, 0) is 0 Å². The number of nitrogen functional groups attached to an aromatic ring is 2. The van der Waals surface area contributed by atoms with Crippen LogP contribution in [0.5, 0.6) is 0 Å². The first kappa shape index (κ1) is 9.41. The van der Waals surface area contributed by atoms with Crippen molar-refractivity contribution in [3.63, 3.8) is 0 Å². The first-order valence-corrected chi connectivity index (χ1v) is 4.15. The maximum absolute atomic E-state index is 9.77. The van der Waals surface area contributed by atoms with E-state index in [2.05, 4.69) is 15.0 Å². The quantitative estimate of drug-likeness (QED) is 0.618. The van der Waals surface area contributed by atoms with Crippen LogP contribution in [-0.4, -0.2) is 20.1 Å². The molecule has 7 heteroatoms. The van der Waals surface area contributed by atoms with Crippen LogP contribution >= 0.6 is 0 Å². The average Bonchev–Trinajstić information content (AvgIpc) is 2.67. The molecule has 2 heterocycles. The SMILES string of the molecule is Nc1nc(N)nc(C(O)c2ccco2)n1. The smallest absolute Gasteiger partial charge is 0.225 e. The third-order valence-electron chi connectivity index (χ3n) is 1.74. The second kappa shape index (κ2) is 3.54. The Kier molecular flexibility index (Phi) is 2.22. The molecule has 5 N–H and O–H groups in total. The van der Waals surface area contributed by atoms with Crippen LogP contribution in [0.4, 0.5) is 11.9 Å². The number of hydrogen-bond acceptors (Lipinski definition) is 7. The lowest BCUT2D eigenvalue weighted by atomic mass is 10.2. The minimum absolute atomic E-state index is 0.0388. The molecular weight excluding hydrogens is 198 g/mol. The normalized spacial score (nSPS) is 12.6. The lowest BCUT2D eigenvalue weighted by Gasteiger charge is -2.06. The molecule has 0 aliphatic heterocycles. The van der Waals surface area contributed by atoms with Crippen LogP contribution in [0.3, 0.4) is 0 Å². The topological polar surface area (TPSA) is 124 Å². The van der Waals surface area contributed by atoms with Gasteiger partial charge in [0, 0.05) is 0 Å². The molecule has 15 heavy (non-hydrogen) atoms. The second-order valence-electron chi connectivity index (χ2n) is 2.83. The zero-order valence-corrected chi connectivity index (χ0v) is 7.66. The number of nitrogens with zero attached hydrogens (tertiary/aromatic N) is 3. The van der Waals surface area contributed by atoms with Gasteiger partial charge in [-0.1, -0.05) is 0 Å². The zero-order valence-electron chi connectivity index (χ0n) is 7.66. The summed E-state index contributed by atoms with van der Waals surface area (Å²) in [6, 6.07) is 3.24. The van der Waals surface area contributed by atoms with Gasteiger partial charge in [-0.2, -0.15) is 15.0 Å². The van der Waals surface area contributed by atoms with Crippen LogP contribution in [0.25, 0.3) is 0 Å². The van der Waals surface area contributed by atoms with Gasteiger partial charge in [-0.25, -0.2) is 0 Å². The summed E-state index contributed by atoms with van der Waals surface area (Å²) in [4.78, 5) is 11.1. The molecular formula is C8H9N5O2. The summed E-state index contributed by atoms with van der Waals surface area (Å²) < 4.78 is 5.00. The van der Waals surface area contributed by atoms with Gasteiger partial charge in [-0.15, -0.1) is 0 Å². The van der Waals surface area contributed by atoms with Gasteiger partial charge in [0.05, 0.1) is 6.26 Å². The fraction of sp³-hybridized carbons (Fsp3) is 0.125. The summed E-state index contributed by atoms with van der Waals surface area (Å²) in [6.45, 7) is 0.